The normalized spacial score (nSPS) is 10.4. The topological polar surface area (TPSA) is 78.4 Å². The number of ether oxygens (including phenoxy) is 1. The van der Waals surface area contributed by atoms with Crippen LogP contribution in [0.2, 0.25) is 10.0 Å². The molecule has 5 nitrogen and oxygen atoms in total. The first-order chi connectivity index (χ1) is 10.0. The summed E-state index contributed by atoms with van der Waals surface area (Å²) in [6, 6.07) is 9.59. The highest BCUT2D eigenvalue weighted by molar-refractivity contribution is 6.42. The van der Waals surface area contributed by atoms with Crippen molar-refractivity contribution in [2.24, 2.45) is 5.73 Å². The van der Waals surface area contributed by atoms with Crippen LogP contribution in [0.3, 0.4) is 0 Å². The van der Waals surface area contributed by atoms with Gasteiger partial charge in [0.1, 0.15) is 6.61 Å². The Labute approximate surface area is 131 Å². The van der Waals surface area contributed by atoms with Crippen LogP contribution in [0.5, 0.6) is 5.75 Å². The van der Waals surface area contributed by atoms with Gasteiger partial charge in [-0.05, 0) is 29.3 Å². The second-order valence-corrected chi connectivity index (χ2v) is 5.11. The summed E-state index contributed by atoms with van der Waals surface area (Å²) in [4.78, 5) is 10.5. The highest BCUT2D eigenvalue weighted by Gasteiger charge is 2.15. The van der Waals surface area contributed by atoms with Gasteiger partial charge in [-0.2, -0.15) is 0 Å². The third-order valence-corrected chi connectivity index (χ3v) is 3.57. The van der Waals surface area contributed by atoms with Gasteiger partial charge in [0.25, 0.3) is 0 Å². The third kappa shape index (κ3) is 3.85. The monoisotopic (exact) mass is 326 g/mol. The summed E-state index contributed by atoms with van der Waals surface area (Å²) in [5, 5.41) is 11.8. The Morgan fingerprint density at radius 1 is 1.10 bits per heavy atom. The van der Waals surface area contributed by atoms with Gasteiger partial charge in [0.15, 0.2) is 5.75 Å². The van der Waals surface area contributed by atoms with E-state index >= 15 is 0 Å². The fourth-order valence-corrected chi connectivity index (χ4v) is 2.06. The summed E-state index contributed by atoms with van der Waals surface area (Å²) in [6.45, 7) is 0.423. The Bertz CT molecular complexity index is 677. The molecule has 0 aliphatic carbocycles. The maximum atomic E-state index is 11.0. The molecule has 0 aromatic heterocycles. The van der Waals surface area contributed by atoms with Gasteiger partial charge in [0, 0.05) is 12.6 Å². The van der Waals surface area contributed by atoms with Crippen molar-refractivity contribution in [2.75, 3.05) is 0 Å². The maximum Gasteiger partial charge on any atom is 0.310 e. The lowest BCUT2D eigenvalue weighted by atomic mass is 10.2. The molecule has 0 fully saturated rings. The van der Waals surface area contributed by atoms with E-state index in [4.69, 9.17) is 33.7 Å². The molecule has 0 radical (unpaired) electrons. The molecular formula is C14H12Cl2N2O3. The molecule has 0 heterocycles. The molecule has 2 aromatic rings. The van der Waals surface area contributed by atoms with Crippen LogP contribution in [-0.2, 0) is 13.2 Å². The Hall–Kier alpha value is -1.82. The molecule has 0 bridgehead atoms. The zero-order valence-electron chi connectivity index (χ0n) is 10.9. The molecule has 0 aliphatic rings. The van der Waals surface area contributed by atoms with Crippen LogP contribution >= 0.6 is 23.2 Å². The van der Waals surface area contributed by atoms with Gasteiger partial charge in [-0.25, -0.2) is 0 Å². The van der Waals surface area contributed by atoms with Crippen LogP contribution in [0.15, 0.2) is 36.4 Å². The van der Waals surface area contributed by atoms with Crippen molar-refractivity contribution >= 4 is 28.9 Å². The fraction of sp³-hybridized carbons (Fsp3) is 0.143. The highest BCUT2D eigenvalue weighted by Crippen LogP contribution is 2.29. The zero-order chi connectivity index (χ0) is 15.4. The van der Waals surface area contributed by atoms with E-state index in [9.17, 15) is 10.1 Å². The first kappa shape index (κ1) is 15.6. The quantitative estimate of drug-likeness (QED) is 0.666. The van der Waals surface area contributed by atoms with Crippen LogP contribution in [0.1, 0.15) is 11.1 Å². The third-order valence-electron chi connectivity index (χ3n) is 2.83. The smallest absolute Gasteiger partial charge is 0.310 e. The fourth-order valence-electron chi connectivity index (χ4n) is 1.74. The van der Waals surface area contributed by atoms with E-state index in [0.717, 1.165) is 11.1 Å². The minimum Gasteiger partial charge on any atom is -0.482 e. The number of hydrogen-bond donors (Lipinski definition) is 1. The van der Waals surface area contributed by atoms with Crippen molar-refractivity contribution in [1.29, 1.82) is 0 Å². The number of rotatable bonds is 5. The average Bonchev–Trinajstić information content (AvgIpc) is 2.48. The Morgan fingerprint density at radius 3 is 2.43 bits per heavy atom. The number of nitro benzene ring substituents is 1. The lowest BCUT2D eigenvalue weighted by molar-refractivity contribution is -0.386. The summed E-state index contributed by atoms with van der Waals surface area (Å²) in [5.41, 5.74) is 6.94. The lowest BCUT2D eigenvalue weighted by Gasteiger charge is -2.09. The molecule has 0 amide bonds. The molecule has 0 unspecified atom stereocenters. The molecule has 7 heteroatoms. The van der Waals surface area contributed by atoms with Crippen molar-refractivity contribution in [3.05, 3.63) is 67.7 Å². The molecule has 2 rings (SSSR count). The average molecular weight is 327 g/mol. The van der Waals surface area contributed by atoms with E-state index in [1.54, 1.807) is 30.3 Å². The largest absolute Gasteiger partial charge is 0.482 e. The van der Waals surface area contributed by atoms with Gasteiger partial charge in [-0.15, -0.1) is 0 Å². The first-order valence-corrected chi connectivity index (χ1v) is 6.81. The Kier molecular flexibility index (Phi) is 5.01. The van der Waals surface area contributed by atoms with Crippen LogP contribution in [-0.4, -0.2) is 4.92 Å². The van der Waals surface area contributed by atoms with E-state index in [1.165, 1.54) is 6.07 Å². The molecule has 0 saturated carbocycles. The second kappa shape index (κ2) is 6.76. The number of benzene rings is 2. The van der Waals surface area contributed by atoms with Gasteiger partial charge in [0.2, 0.25) is 0 Å². The SMILES string of the molecule is NCc1ccc([N+](=O)[O-])c(OCc2ccc(Cl)c(Cl)c2)c1. The van der Waals surface area contributed by atoms with Crippen LogP contribution < -0.4 is 10.5 Å². The van der Waals surface area contributed by atoms with Gasteiger partial charge in [-0.3, -0.25) is 10.1 Å². The Balaban J connectivity index is 2.21. The van der Waals surface area contributed by atoms with E-state index < -0.39 is 4.92 Å². The summed E-state index contributed by atoms with van der Waals surface area (Å²) in [7, 11) is 0. The van der Waals surface area contributed by atoms with Gasteiger partial charge in [0.05, 0.1) is 15.0 Å². The zero-order valence-corrected chi connectivity index (χ0v) is 12.4. The van der Waals surface area contributed by atoms with Crippen molar-refractivity contribution < 1.29 is 9.66 Å². The van der Waals surface area contributed by atoms with E-state index in [1.807, 2.05) is 0 Å². The molecule has 2 N–H and O–H groups in total. The number of nitrogens with two attached hydrogens (primary N) is 1. The summed E-state index contributed by atoms with van der Waals surface area (Å²) in [6.07, 6.45) is 0. The minimum absolute atomic E-state index is 0.104. The summed E-state index contributed by atoms with van der Waals surface area (Å²) < 4.78 is 5.52. The molecule has 110 valence electrons. The summed E-state index contributed by atoms with van der Waals surface area (Å²) >= 11 is 11.7. The van der Waals surface area contributed by atoms with E-state index in [0.29, 0.717) is 10.0 Å². The number of hydrogen-bond acceptors (Lipinski definition) is 4. The van der Waals surface area contributed by atoms with E-state index in [-0.39, 0.29) is 24.6 Å². The van der Waals surface area contributed by atoms with Crippen LogP contribution in [0.25, 0.3) is 0 Å². The van der Waals surface area contributed by atoms with Crippen molar-refractivity contribution in [2.45, 2.75) is 13.2 Å². The van der Waals surface area contributed by atoms with Crippen molar-refractivity contribution in [3.8, 4) is 5.75 Å². The molecule has 0 atom stereocenters. The maximum absolute atomic E-state index is 11.0. The number of nitro groups is 1. The van der Waals surface area contributed by atoms with Gasteiger partial charge >= 0.3 is 5.69 Å². The van der Waals surface area contributed by atoms with Crippen molar-refractivity contribution in [3.63, 3.8) is 0 Å². The number of halogens is 2. The predicted molar refractivity (Wildman–Crippen MR) is 81.8 cm³/mol. The van der Waals surface area contributed by atoms with Crippen molar-refractivity contribution in [1.82, 2.24) is 0 Å². The first-order valence-electron chi connectivity index (χ1n) is 6.05. The molecule has 2 aromatic carbocycles. The standard InChI is InChI=1S/C14H12Cl2N2O3/c15-11-3-1-10(5-12(11)16)8-21-14-6-9(7-17)2-4-13(14)18(19)20/h1-6H,7-8,17H2. The second-order valence-electron chi connectivity index (χ2n) is 4.30. The van der Waals surface area contributed by atoms with Gasteiger partial charge < -0.3 is 10.5 Å². The highest BCUT2D eigenvalue weighted by atomic mass is 35.5. The molecule has 0 saturated heterocycles. The van der Waals surface area contributed by atoms with Gasteiger partial charge in [-0.1, -0.05) is 35.3 Å². The van der Waals surface area contributed by atoms with Crippen LogP contribution in [0.4, 0.5) is 5.69 Å². The predicted octanol–water partition coefficient (Wildman–Crippen LogP) is 3.94. The Morgan fingerprint density at radius 2 is 1.81 bits per heavy atom. The molecule has 0 spiro atoms. The molecule has 21 heavy (non-hydrogen) atoms. The molecular weight excluding hydrogens is 315 g/mol. The lowest BCUT2D eigenvalue weighted by Crippen LogP contribution is -2.02. The number of nitrogens with zero attached hydrogens (tertiary/aromatic N) is 1. The molecule has 0 aliphatic heterocycles. The summed E-state index contributed by atoms with van der Waals surface area (Å²) in [5.74, 6) is 0.175. The minimum atomic E-state index is -0.496. The van der Waals surface area contributed by atoms with E-state index in [2.05, 4.69) is 0 Å². The van der Waals surface area contributed by atoms with Crippen LogP contribution in [0, 0.1) is 10.1 Å².